The van der Waals surface area contributed by atoms with Gasteiger partial charge < -0.3 is 0 Å². The summed E-state index contributed by atoms with van der Waals surface area (Å²) in [6.45, 7) is 2.80. The van der Waals surface area contributed by atoms with E-state index in [1.54, 1.807) is 0 Å². The van der Waals surface area contributed by atoms with Crippen LogP contribution in [0.2, 0.25) is 0 Å². The van der Waals surface area contributed by atoms with Crippen molar-refractivity contribution in [2.75, 3.05) is 0 Å². The number of hydrogen-bond acceptors (Lipinski definition) is 1. The SMILES string of the molecule is Cc1cccc2c(=O)n(Cc3ccccc3)[se]c12. The molecule has 0 aliphatic heterocycles. The number of aromatic nitrogens is 1. The third-order valence-electron chi connectivity index (χ3n) is 3.04. The van der Waals surface area contributed by atoms with Crippen molar-refractivity contribution >= 4 is 24.4 Å². The molecule has 0 amide bonds. The van der Waals surface area contributed by atoms with E-state index in [4.69, 9.17) is 0 Å². The van der Waals surface area contributed by atoms with Crippen molar-refractivity contribution in [1.29, 1.82) is 0 Å². The first kappa shape index (κ1) is 11.5. The van der Waals surface area contributed by atoms with Gasteiger partial charge in [-0.05, 0) is 0 Å². The first-order valence-corrected chi connectivity index (χ1v) is 7.51. The number of aryl methyl sites for hydroxylation is 1. The van der Waals surface area contributed by atoms with Crippen LogP contribution >= 0.6 is 0 Å². The Hall–Kier alpha value is -1.57. The van der Waals surface area contributed by atoms with E-state index in [9.17, 15) is 4.79 Å². The van der Waals surface area contributed by atoms with Crippen LogP contribution in [0.15, 0.2) is 53.3 Å². The summed E-state index contributed by atoms with van der Waals surface area (Å²) in [6.07, 6.45) is 0. The fraction of sp³-hybridized carbons (Fsp3) is 0.133. The zero-order valence-electron chi connectivity index (χ0n) is 10.1. The Morgan fingerprint density at radius 2 is 1.83 bits per heavy atom. The Kier molecular flexibility index (Phi) is 2.94. The summed E-state index contributed by atoms with van der Waals surface area (Å²) in [5.41, 5.74) is 2.60. The van der Waals surface area contributed by atoms with E-state index in [-0.39, 0.29) is 20.3 Å². The molecule has 0 unspecified atom stereocenters. The Morgan fingerprint density at radius 1 is 1.06 bits per heavy atom. The van der Waals surface area contributed by atoms with Crippen molar-refractivity contribution in [3.05, 3.63) is 70.0 Å². The van der Waals surface area contributed by atoms with Gasteiger partial charge in [-0.25, -0.2) is 0 Å². The molecule has 0 aliphatic carbocycles. The zero-order chi connectivity index (χ0) is 12.5. The molecule has 1 heterocycles. The monoisotopic (exact) mass is 303 g/mol. The van der Waals surface area contributed by atoms with Gasteiger partial charge in [0.2, 0.25) is 0 Å². The summed E-state index contributed by atoms with van der Waals surface area (Å²) in [6, 6.07) is 16.2. The van der Waals surface area contributed by atoms with Crippen molar-refractivity contribution in [2.45, 2.75) is 13.5 Å². The summed E-state index contributed by atoms with van der Waals surface area (Å²) in [5, 5.41) is 0.894. The number of benzene rings is 2. The summed E-state index contributed by atoms with van der Waals surface area (Å²) < 4.78 is 3.21. The van der Waals surface area contributed by atoms with Crippen LogP contribution in [0.4, 0.5) is 0 Å². The molecule has 0 spiro atoms. The molecule has 0 saturated carbocycles. The molecule has 2 aromatic carbocycles. The minimum absolute atomic E-state index is 0.119. The number of hydrogen-bond donors (Lipinski definition) is 0. The van der Waals surface area contributed by atoms with Crippen molar-refractivity contribution in [3.8, 4) is 0 Å². The number of nitrogens with zero attached hydrogens (tertiary/aromatic N) is 1. The van der Waals surface area contributed by atoms with Gasteiger partial charge in [0, 0.05) is 0 Å². The molecule has 3 aromatic rings. The zero-order valence-corrected chi connectivity index (χ0v) is 11.8. The molecular weight excluding hydrogens is 289 g/mol. The number of rotatable bonds is 2. The minimum atomic E-state index is 0.119. The van der Waals surface area contributed by atoms with Gasteiger partial charge in [0.15, 0.2) is 0 Å². The molecule has 0 atom stereocenters. The second kappa shape index (κ2) is 4.60. The fourth-order valence-corrected chi connectivity index (χ4v) is 4.35. The molecule has 0 radical (unpaired) electrons. The van der Waals surface area contributed by atoms with Gasteiger partial charge in [-0.1, -0.05) is 0 Å². The molecule has 0 N–H and O–H groups in total. The van der Waals surface area contributed by atoms with Crippen LogP contribution in [0.25, 0.3) is 9.65 Å². The molecule has 90 valence electrons. The van der Waals surface area contributed by atoms with Crippen molar-refractivity contribution in [3.63, 3.8) is 0 Å². The fourth-order valence-electron chi connectivity index (χ4n) is 2.08. The van der Waals surface area contributed by atoms with Crippen LogP contribution in [0.5, 0.6) is 0 Å². The van der Waals surface area contributed by atoms with Crippen LogP contribution < -0.4 is 5.56 Å². The topological polar surface area (TPSA) is 22.0 Å². The normalized spacial score (nSPS) is 10.9. The molecule has 3 heteroatoms. The average molecular weight is 302 g/mol. The summed E-state index contributed by atoms with van der Waals surface area (Å²) in [7, 11) is 0. The van der Waals surface area contributed by atoms with Gasteiger partial charge in [0.05, 0.1) is 0 Å². The van der Waals surface area contributed by atoms with E-state index in [1.807, 2.05) is 33.9 Å². The van der Waals surface area contributed by atoms with E-state index < -0.39 is 0 Å². The van der Waals surface area contributed by atoms with Gasteiger partial charge in [-0.15, -0.1) is 0 Å². The summed E-state index contributed by atoms with van der Waals surface area (Å²) in [4.78, 5) is 12.3. The van der Waals surface area contributed by atoms with Crippen molar-refractivity contribution in [1.82, 2.24) is 3.56 Å². The van der Waals surface area contributed by atoms with Crippen molar-refractivity contribution < 1.29 is 0 Å². The van der Waals surface area contributed by atoms with Crippen LogP contribution in [-0.4, -0.2) is 18.3 Å². The predicted molar refractivity (Wildman–Crippen MR) is 75.4 cm³/mol. The van der Waals surface area contributed by atoms with E-state index in [0.717, 1.165) is 5.39 Å². The van der Waals surface area contributed by atoms with E-state index in [0.29, 0.717) is 6.54 Å². The second-order valence-electron chi connectivity index (χ2n) is 4.37. The molecule has 0 bridgehead atoms. The standard InChI is InChI=1S/C15H13NOSe/c1-11-6-5-9-13-14(11)18-16(15(13)17)10-12-7-3-2-4-8-12/h2-9H,10H2,1H3. The quantitative estimate of drug-likeness (QED) is 0.666. The van der Waals surface area contributed by atoms with Crippen LogP contribution in [-0.2, 0) is 6.54 Å². The van der Waals surface area contributed by atoms with E-state index in [2.05, 4.69) is 25.1 Å². The van der Waals surface area contributed by atoms with E-state index >= 15 is 0 Å². The van der Waals surface area contributed by atoms with Crippen LogP contribution in [0.3, 0.4) is 0 Å². The first-order valence-electron chi connectivity index (χ1n) is 5.89. The molecule has 2 nitrogen and oxygen atoms in total. The Balaban J connectivity index is 2.11. The Labute approximate surface area is 111 Å². The maximum absolute atomic E-state index is 12.3. The molecule has 0 saturated heterocycles. The van der Waals surface area contributed by atoms with Crippen LogP contribution in [0, 0.1) is 6.92 Å². The third kappa shape index (κ3) is 1.96. The van der Waals surface area contributed by atoms with E-state index in [1.165, 1.54) is 15.4 Å². The second-order valence-corrected chi connectivity index (χ2v) is 6.53. The van der Waals surface area contributed by atoms with Gasteiger partial charge in [0.25, 0.3) is 0 Å². The first-order chi connectivity index (χ1) is 8.75. The Morgan fingerprint density at radius 3 is 2.56 bits per heavy atom. The molecule has 3 rings (SSSR count). The molecule has 1 aromatic heterocycles. The van der Waals surface area contributed by atoms with Gasteiger partial charge in [-0.2, -0.15) is 0 Å². The van der Waals surface area contributed by atoms with Crippen LogP contribution in [0.1, 0.15) is 11.1 Å². The molecule has 0 fully saturated rings. The molecule has 0 aliphatic rings. The number of fused-ring (bicyclic) bond motifs is 1. The molecule has 18 heavy (non-hydrogen) atoms. The van der Waals surface area contributed by atoms with Gasteiger partial charge >= 0.3 is 111 Å². The predicted octanol–water partition coefficient (Wildman–Crippen LogP) is 2.42. The average Bonchev–Trinajstić information content (AvgIpc) is 2.70. The third-order valence-corrected chi connectivity index (χ3v) is 5.64. The molecular formula is C15H13NOSe. The van der Waals surface area contributed by atoms with Crippen molar-refractivity contribution in [2.24, 2.45) is 0 Å². The summed E-state index contributed by atoms with van der Waals surface area (Å²) in [5.74, 6) is 0. The van der Waals surface area contributed by atoms with Gasteiger partial charge in [0.1, 0.15) is 0 Å². The Bertz CT molecular complexity index is 740. The maximum atomic E-state index is 12.3. The summed E-state index contributed by atoms with van der Waals surface area (Å²) >= 11 is 0.119. The van der Waals surface area contributed by atoms with Gasteiger partial charge in [-0.3, -0.25) is 0 Å².